The lowest BCUT2D eigenvalue weighted by Crippen LogP contribution is -2.47. The predicted octanol–water partition coefficient (Wildman–Crippen LogP) is 2.67. The van der Waals surface area contributed by atoms with Crippen molar-refractivity contribution in [2.75, 3.05) is 20.2 Å². The molecular weight excluding hydrogens is 352 g/mol. The Hall–Kier alpha value is -2.37. The van der Waals surface area contributed by atoms with E-state index < -0.39 is 0 Å². The Morgan fingerprint density at radius 1 is 1.14 bits per heavy atom. The molecule has 0 saturated heterocycles. The Bertz CT molecular complexity index is 838. The van der Waals surface area contributed by atoms with Gasteiger partial charge in [-0.3, -0.25) is 4.79 Å². The molecule has 1 saturated carbocycles. The maximum Gasteiger partial charge on any atom is 0.237 e. The molecule has 2 aromatic carbocycles. The number of hydrogen-bond acceptors (Lipinski definition) is 4. The molecule has 1 amide bonds. The summed E-state index contributed by atoms with van der Waals surface area (Å²) in [5, 5.41) is 13.3. The van der Waals surface area contributed by atoms with E-state index in [2.05, 4.69) is 23.5 Å². The van der Waals surface area contributed by atoms with Crippen LogP contribution in [0.15, 0.2) is 48.5 Å². The summed E-state index contributed by atoms with van der Waals surface area (Å²) in [6.07, 6.45) is 3.24. The van der Waals surface area contributed by atoms with Gasteiger partial charge in [-0.1, -0.05) is 42.5 Å². The van der Waals surface area contributed by atoms with E-state index in [1.807, 2.05) is 35.2 Å². The maximum atomic E-state index is 13.2. The van der Waals surface area contributed by atoms with Crippen molar-refractivity contribution < 1.29 is 14.6 Å². The van der Waals surface area contributed by atoms with Crippen LogP contribution in [-0.4, -0.2) is 48.3 Å². The van der Waals surface area contributed by atoms with Crippen molar-refractivity contribution in [1.29, 1.82) is 0 Å². The number of carbonyl (C=O) groups excluding carboxylic acids is 1. The van der Waals surface area contributed by atoms with Crippen molar-refractivity contribution in [3.8, 4) is 5.75 Å². The minimum absolute atomic E-state index is 0.0192. The van der Waals surface area contributed by atoms with Crippen LogP contribution >= 0.6 is 0 Å². The largest absolute Gasteiger partial charge is 0.496 e. The molecule has 0 aromatic heterocycles. The molecule has 5 heteroatoms. The van der Waals surface area contributed by atoms with Gasteiger partial charge in [0.25, 0.3) is 0 Å². The first kappa shape index (κ1) is 19.0. The van der Waals surface area contributed by atoms with Crippen LogP contribution in [0.2, 0.25) is 0 Å². The molecule has 2 aromatic rings. The van der Waals surface area contributed by atoms with E-state index in [1.54, 1.807) is 7.11 Å². The zero-order valence-electron chi connectivity index (χ0n) is 16.3. The van der Waals surface area contributed by atoms with Gasteiger partial charge in [-0.25, -0.2) is 0 Å². The van der Waals surface area contributed by atoms with E-state index >= 15 is 0 Å². The van der Waals surface area contributed by atoms with Crippen molar-refractivity contribution in [2.24, 2.45) is 0 Å². The molecule has 1 fully saturated rings. The van der Waals surface area contributed by atoms with Crippen LogP contribution < -0.4 is 10.1 Å². The monoisotopic (exact) mass is 380 g/mol. The summed E-state index contributed by atoms with van der Waals surface area (Å²) >= 11 is 0. The number of nitrogens with zero attached hydrogens (tertiary/aromatic N) is 1. The van der Waals surface area contributed by atoms with E-state index in [1.165, 1.54) is 5.56 Å². The Morgan fingerprint density at radius 2 is 1.89 bits per heavy atom. The van der Waals surface area contributed by atoms with Crippen molar-refractivity contribution >= 4 is 5.91 Å². The van der Waals surface area contributed by atoms with Gasteiger partial charge in [-0.05, 0) is 42.9 Å². The molecule has 0 unspecified atom stereocenters. The highest BCUT2D eigenvalue weighted by Crippen LogP contribution is 2.39. The minimum atomic E-state index is -0.347. The third kappa shape index (κ3) is 3.64. The number of ether oxygens (including phenoxy) is 1. The number of methoxy groups -OCH3 is 1. The number of para-hydroxylation sites is 1. The third-order valence-corrected chi connectivity index (χ3v) is 6.03. The number of amides is 1. The lowest BCUT2D eigenvalue weighted by Gasteiger charge is -2.38. The molecule has 148 valence electrons. The molecule has 1 aliphatic carbocycles. The first-order valence-corrected chi connectivity index (χ1v) is 10.1. The quantitative estimate of drug-likeness (QED) is 0.837. The molecule has 3 atom stereocenters. The summed E-state index contributed by atoms with van der Waals surface area (Å²) in [6.45, 7) is 0.920. The predicted molar refractivity (Wildman–Crippen MR) is 108 cm³/mol. The SMILES string of the molecule is COc1ccccc1[C@H]1c2ccccc2CCN1C(=O)CN[C@H]1CCC[C@@H]1O. The van der Waals surface area contributed by atoms with Crippen LogP contribution in [0.5, 0.6) is 5.75 Å². The lowest BCUT2D eigenvalue weighted by molar-refractivity contribution is -0.132. The summed E-state index contributed by atoms with van der Waals surface area (Å²) in [6, 6.07) is 16.1. The molecule has 4 rings (SSSR count). The second kappa shape index (κ2) is 8.33. The van der Waals surface area contributed by atoms with Crippen LogP contribution in [0.1, 0.15) is 42.0 Å². The number of aliphatic hydroxyl groups excluding tert-OH is 1. The van der Waals surface area contributed by atoms with Crippen LogP contribution in [-0.2, 0) is 11.2 Å². The molecule has 1 heterocycles. The fourth-order valence-electron chi connectivity index (χ4n) is 4.56. The van der Waals surface area contributed by atoms with E-state index in [-0.39, 0.29) is 30.6 Å². The van der Waals surface area contributed by atoms with E-state index in [9.17, 15) is 9.90 Å². The first-order chi connectivity index (χ1) is 13.7. The van der Waals surface area contributed by atoms with Crippen molar-refractivity contribution in [2.45, 2.75) is 43.9 Å². The van der Waals surface area contributed by atoms with Gasteiger partial charge in [0.1, 0.15) is 5.75 Å². The van der Waals surface area contributed by atoms with Gasteiger partial charge in [-0.15, -0.1) is 0 Å². The lowest BCUT2D eigenvalue weighted by atomic mass is 9.87. The van der Waals surface area contributed by atoms with Gasteiger partial charge in [0.15, 0.2) is 0 Å². The summed E-state index contributed by atoms with van der Waals surface area (Å²) in [5.41, 5.74) is 3.44. The molecule has 0 spiro atoms. The summed E-state index contributed by atoms with van der Waals surface area (Å²) < 4.78 is 5.61. The first-order valence-electron chi connectivity index (χ1n) is 10.1. The highest BCUT2D eigenvalue weighted by atomic mass is 16.5. The normalized spacial score (nSPS) is 24.1. The fraction of sp³-hybridized carbons (Fsp3) is 0.435. The smallest absolute Gasteiger partial charge is 0.237 e. The molecule has 0 bridgehead atoms. The molecule has 5 nitrogen and oxygen atoms in total. The van der Waals surface area contributed by atoms with Crippen molar-refractivity contribution in [3.05, 3.63) is 65.2 Å². The highest BCUT2D eigenvalue weighted by Gasteiger charge is 2.34. The summed E-state index contributed by atoms with van der Waals surface area (Å²) in [5.74, 6) is 0.852. The summed E-state index contributed by atoms with van der Waals surface area (Å²) in [4.78, 5) is 15.1. The second-order valence-electron chi connectivity index (χ2n) is 7.67. The number of aliphatic hydroxyl groups is 1. The van der Waals surface area contributed by atoms with Gasteiger partial charge >= 0.3 is 0 Å². The van der Waals surface area contributed by atoms with Gasteiger partial charge < -0.3 is 20.1 Å². The molecule has 0 radical (unpaired) electrons. The van der Waals surface area contributed by atoms with Crippen LogP contribution in [0.4, 0.5) is 0 Å². The highest BCUT2D eigenvalue weighted by molar-refractivity contribution is 5.80. The number of rotatable bonds is 5. The van der Waals surface area contributed by atoms with E-state index in [0.717, 1.165) is 42.6 Å². The number of carbonyl (C=O) groups is 1. The van der Waals surface area contributed by atoms with E-state index in [0.29, 0.717) is 6.54 Å². The Morgan fingerprint density at radius 3 is 2.64 bits per heavy atom. The Balaban J connectivity index is 1.62. The van der Waals surface area contributed by atoms with Crippen LogP contribution in [0, 0.1) is 0 Å². The summed E-state index contributed by atoms with van der Waals surface area (Å²) in [7, 11) is 1.67. The number of nitrogens with one attached hydrogen (secondary N) is 1. The Labute approximate surface area is 166 Å². The molecule has 1 aliphatic heterocycles. The van der Waals surface area contributed by atoms with E-state index in [4.69, 9.17) is 4.74 Å². The maximum absolute atomic E-state index is 13.2. The average molecular weight is 380 g/mol. The zero-order valence-corrected chi connectivity index (χ0v) is 16.3. The standard InChI is InChI=1S/C23H28N2O3/c1-28-21-12-5-4-9-18(21)23-17-8-3-2-7-16(17)13-14-25(23)22(27)15-24-19-10-6-11-20(19)26/h2-5,7-9,12,19-20,23-24,26H,6,10-11,13-15H2,1H3/t19-,20-,23+/m0/s1. The van der Waals surface area contributed by atoms with Crippen LogP contribution in [0.25, 0.3) is 0 Å². The molecule has 28 heavy (non-hydrogen) atoms. The average Bonchev–Trinajstić information content (AvgIpc) is 3.15. The van der Waals surface area contributed by atoms with Crippen LogP contribution in [0.3, 0.4) is 0 Å². The van der Waals surface area contributed by atoms with Crippen molar-refractivity contribution in [1.82, 2.24) is 10.2 Å². The topological polar surface area (TPSA) is 61.8 Å². The minimum Gasteiger partial charge on any atom is -0.496 e. The van der Waals surface area contributed by atoms with Gasteiger partial charge in [0, 0.05) is 18.2 Å². The van der Waals surface area contributed by atoms with Gasteiger partial charge in [-0.2, -0.15) is 0 Å². The number of hydrogen-bond donors (Lipinski definition) is 2. The van der Waals surface area contributed by atoms with Gasteiger partial charge in [0.05, 0.1) is 25.8 Å². The fourth-order valence-corrected chi connectivity index (χ4v) is 4.56. The molecular formula is C23H28N2O3. The van der Waals surface area contributed by atoms with Gasteiger partial charge in [0.2, 0.25) is 5.91 Å². The Kier molecular flexibility index (Phi) is 5.64. The molecule has 2 aliphatic rings. The van der Waals surface area contributed by atoms with Crippen molar-refractivity contribution in [3.63, 3.8) is 0 Å². The third-order valence-electron chi connectivity index (χ3n) is 6.03. The zero-order chi connectivity index (χ0) is 19.5. The number of fused-ring (bicyclic) bond motifs is 1. The second-order valence-corrected chi connectivity index (χ2v) is 7.67. The number of benzene rings is 2. The molecule has 2 N–H and O–H groups in total.